The third-order valence-electron chi connectivity index (χ3n) is 2.51. The van der Waals surface area contributed by atoms with Gasteiger partial charge in [-0.05, 0) is 38.0 Å². The highest BCUT2D eigenvalue weighted by Crippen LogP contribution is 2.15. The predicted octanol–water partition coefficient (Wildman–Crippen LogP) is 2.49. The van der Waals surface area contributed by atoms with E-state index in [1.165, 1.54) is 0 Å². The van der Waals surface area contributed by atoms with Crippen molar-refractivity contribution in [2.45, 2.75) is 33.0 Å². The van der Waals surface area contributed by atoms with Crippen LogP contribution in [0.25, 0.3) is 0 Å². The van der Waals surface area contributed by atoms with Gasteiger partial charge in [0.05, 0.1) is 11.8 Å². The van der Waals surface area contributed by atoms with Crippen LogP contribution in [0.4, 0.5) is 0 Å². The first-order valence-corrected chi connectivity index (χ1v) is 5.95. The summed E-state index contributed by atoms with van der Waals surface area (Å²) in [7, 11) is 0. The molecule has 0 saturated heterocycles. The Morgan fingerprint density at radius 2 is 2.06 bits per heavy atom. The molecular weight excluding hydrogens is 230 g/mol. The summed E-state index contributed by atoms with van der Waals surface area (Å²) >= 11 is 0. The fourth-order valence-electron chi connectivity index (χ4n) is 1.70. The first-order valence-electron chi connectivity index (χ1n) is 5.95. The Morgan fingerprint density at radius 3 is 2.61 bits per heavy atom. The Balaban J connectivity index is 1.90. The lowest BCUT2D eigenvalue weighted by Crippen LogP contribution is -2.03. The summed E-state index contributed by atoms with van der Waals surface area (Å²) < 4.78 is 10.6. The second-order valence-electron chi connectivity index (χ2n) is 4.42. The minimum Gasteiger partial charge on any atom is -0.486 e. The molecule has 0 fully saturated rings. The highest BCUT2D eigenvalue weighted by Gasteiger charge is 2.03. The van der Waals surface area contributed by atoms with Crippen LogP contribution in [0, 0.1) is 6.92 Å². The molecule has 1 atom stereocenters. The highest BCUT2D eigenvalue weighted by molar-refractivity contribution is 5.27. The minimum absolute atomic E-state index is 0.325. The van der Waals surface area contributed by atoms with Crippen LogP contribution in [0.15, 0.2) is 34.9 Å². The molecule has 0 radical (unpaired) electrons. The zero-order valence-corrected chi connectivity index (χ0v) is 10.6. The molecule has 4 nitrogen and oxygen atoms in total. The van der Waals surface area contributed by atoms with Gasteiger partial charge in [-0.2, -0.15) is 0 Å². The van der Waals surface area contributed by atoms with Crippen LogP contribution >= 0.6 is 0 Å². The van der Waals surface area contributed by atoms with Gasteiger partial charge in [0, 0.05) is 6.07 Å². The van der Waals surface area contributed by atoms with Crippen molar-refractivity contribution < 1.29 is 14.4 Å². The quantitative estimate of drug-likeness (QED) is 0.882. The van der Waals surface area contributed by atoms with Crippen LogP contribution in [-0.4, -0.2) is 16.4 Å². The van der Waals surface area contributed by atoms with Crippen molar-refractivity contribution in [2.75, 3.05) is 0 Å². The molecule has 0 aliphatic heterocycles. The molecule has 4 heteroatoms. The van der Waals surface area contributed by atoms with Crippen LogP contribution in [0.5, 0.6) is 5.75 Å². The van der Waals surface area contributed by atoms with E-state index in [1.54, 1.807) is 6.92 Å². The maximum atomic E-state index is 9.28. The van der Waals surface area contributed by atoms with Gasteiger partial charge in [0.2, 0.25) is 0 Å². The van der Waals surface area contributed by atoms with Crippen molar-refractivity contribution in [2.24, 2.45) is 0 Å². The molecule has 0 saturated carbocycles. The van der Waals surface area contributed by atoms with E-state index in [-0.39, 0.29) is 6.10 Å². The number of aliphatic hydroxyl groups is 1. The molecule has 0 amide bonds. The van der Waals surface area contributed by atoms with Gasteiger partial charge in [-0.25, -0.2) is 0 Å². The number of aromatic nitrogens is 1. The van der Waals surface area contributed by atoms with Gasteiger partial charge >= 0.3 is 0 Å². The molecule has 1 aromatic heterocycles. The maximum absolute atomic E-state index is 9.28. The Kier molecular flexibility index (Phi) is 3.99. The van der Waals surface area contributed by atoms with E-state index in [0.29, 0.717) is 18.8 Å². The Bertz CT molecular complexity index is 488. The number of nitrogens with zero attached hydrogens (tertiary/aromatic N) is 1. The van der Waals surface area contributed by atoms with Crippen molar-refractivity contribution in [3.63, 3.8) is 0 Å². The fourth-order valence-corrected chi connectivity index (χ4v) is 1.70. The summed E-state index contributed by atoms with van der Waals surface area (Å²) in [4.78, 5) is 0. The van der Waals surface area contributed by atoms with Gasteiger partial charge < -0.3 is 14.4 Å². The van der Waals surface area contributed by atoms with Gasteiger partial charge in [0.25, 0.3) is 0 Å². The van der Waals surface area contributed by atoms with Gasteiger partial charge in [0.1, 0.15) is 12.4 Å². The first kappa shape index (κ1) is 12.6. The van der Waals surface area contributed by atoms with E-state index < -0.39 is 0 Å². The number of benzene rings is 1. The molecule has 1 N–H and O–H groups in total. The van der Waals surface area contributed by atoms with Crippen LogP contribution < -0.4 is 4.74 Å². The molecule has 0 bridgehead atoms. The number of aryl methyl sites for hydroxylation is 1. The largest absolute Gasteiger partial charge is 0.486 e. The molecule has 2 aromatic rings. The Labute approximate surface area is 106 Å². The summed E-state index contributed by atoms with van der Waals surface area (Å²) in [6.07, 6.45) is 0.329. The molecular formula is C14H17NO3. The number of hydrogen-bond donors (Lipinski definition) is 1. The number of hydrogen-bond acceptors (Lipinski definition) is 4. The van der Waals surface area contributed by atoms with E-state index in [4.69, 9.17) is 9.26 Å². The van der Waals surface area contributed by atoms with Crippen molar-refractivity contribution in [1.82, 2.24) is 5.16 Å². The third kappa shape index (κ3) is 3.60. The van der Waals surface area contributed by atoms with Gasteiger partial charge in [-0.15, -0.1) is 0 Å². The number of rotatable bonds is 5. The number of aliphatic hydroxyl groups excluding tert-OH is 1. The van der Waals surface area contributed by atoms with Crippen LogP contribution in [0.1, 0.15) is 23.9 Å². The van der Waals surface area contributed by atoms with Crippen molar-refractivity contribution in [3.05, 3.63) is 47.3 Å². The van der Waals surface area contributed by atoms with Crippen LogP contribution in [-0.2, 0) is 13.0 Å². The predicted molar refractivity (Wildman–Crippen MR) is 67.4 cm³/mol. The first-order chi connectivity index (χ1) is 8.63. The average Bonchev–Trinajstić information content (AvgIpc) is 2.74. The van der Waals surface area contributed by atoms with Crippen molar-refractivity contribution >= 4 is 0 Å². The summed E-state index contributed by atoms with van der Waals surface area (Å²) in [6, 6.07) is 9.53. The zero-order chi connectivity index (χ0) is 13.0. The molecule has 2 rings (SSSR count). The summed E-state index contributed by atoms with van der Waals surface area (Å²) in [5.41, 5.74) is 1.94. The second kappa shape index (κ2) is 5.69. The highest BCUT2D eigenvalue weighted by atomic mass is 16.5. The zero-order valence-electron chi connectivity index (χ0n) is 10.6. The van der Waals surface area contributed by atoms with Crippen LogP contribution in [0.2, 0.25) is 0 Å². The molecule has 96 valence electrons. The van der Waals surface area contributed by atoms with Gasteiger partial charge in [0.15, 0.2) is 5.76 Å². The van der Waals surface area contributed by atoms with E-state index in [9.17, 15) is 5.11 Å². The lowest BCUT2D eigenvalue weighted by molar-refractivity contribution is 0.195. The topological polar surface area (TPSA) is 55.5 Å². The van der Waals surface area contributed by atoms with Gasteiger partial charge in [-0.1, -0.05) is 17.3 Å². The fraction of sp³-hybridized carbons (Fsp3) is 0.357. The lowest BCUT2D eigenvalue weighted by atomic mass is 10.1. The van der Waals surface area contributed by atoms with E-state index in [1.807, 2.05) is 37.3 Å². The Morgan fingerprint density at radius 1 is 1.33 bits per heavy atom. The molecule has 0 aliphatic rings. The molecule has 1 aromatic carbocycles. The monoisotopic (exact) mass is 247 g/mol. The standard InChI is InChI=1S/C14H17NO3/c1-10-7-14(18-15-10)9-17-13-5-3-12(4-6-13)8-11(2)16/h3-7,11,16H,8-9H2,1-2H3. The van der Waals surface area contributed by atoms with Crippen molar-refractivity contribution in [3.8, 4) is 5.75 Å². The van der Waals surface area contributed by atoms with Gasteiger partial charge in [-0.3, -0.25) is 0 Å². The smallest absolute Gasteiger partial charge is 0.174 e. The second-order valence-corrected chi connectivity index (χ2v) is 4.42. The molecule has 0 aliphatic carbocycles. The summed E-state index contributed by atoms with van der Waals surface area (Å²) in [5.74, 6) is 1.49. The average molecular weight is 247 g/mol. The Hall–Kier alpha value is -1.81. The minimum atomic E-state index is -0.325. The van der Waals surface area contributed by atoms with Crippen LogP contribution in [0.3, 0.4) is 0 Å². The SMILES string of the molecule is Cc1cc(COc2ccc(CC(C)O)cc2)on1. The molecule has 1 heterocycles. The van der Waals surface area contributed by atoms with E-state index >= 15 is 0 Å². The van der Waals surface area contributed by atoms with E-state index in [0.717, 1.165) is 17.0 Å². The summed E-state index contributed by atoms with van der Waals surface area (Å²) in [5, 5.41) is 13.1. The molecule has 1 unspecified atom stereocenters. The third-order valence-corrected chi connectivity index (χ3v) is 2.51. The lowest BCUT2D eigenvalue weighted by Gasteiger charge is -2.06. The molecule has 18 heavy (non-hydrogen) atoms. The van der Waals surface area contributed by atoms with Crippen molar-refractivity contribution in [1.29, 1.82) is 0 Å². The number of ether oxygens (including phenoxy) is 1. The summed E-state index contributed by atoms with van der Waals surface area (Å²) in [6.45, 7) is 4.02. The molecule has 0 spiro atoms. The van der Waals surface area contributed by atoms with E-state index in [2.05, 4.69) is 5.16 Å². The maximum Gasteiger partial charge on any atom is 0.174 e. The normalized spacial score (nSPS) is 12.4.